The second-order valence-corrected chi connectivity index (χ2v) is 5.06. The van der Waals surface area contributed by atoms with E-state index in [0.717, 1.165) is 0 Å². The Morgan fingerprint density at radius 3 is 2.43 bits per heavy atom. The van der Waals surface area contributed by atoms with Gasteiger partial charge in [0.25, 0.3) is 5.69 Å². The molecule has 2 aromatic rings. The largest absolute Gasteiger partial charge is 0.550 e. The molecule has 1 atom stereocenters. The van der Waals surface area contributed by atoms with Crippen molar-refractivity contribution in [2.75, 3.05) is 0 Å². The third-order valence-electron chi connectivity index (χ3n) is 3.50. The van der Waals surface area contributed by atoms with Gasteiger partial charge in [0.05, 0.1) is 10.5 Å². The van der Waals surface area contributed by atoms with Crippen molar-refractivity contribution in [3.63, 3.8) is 0 Å². The van der Waals surface area contributed by atoms with Gasteiger partial charge in [-0.2, -0.15) is 0 Å². The minimum Gasteiger partial charge on any atom is -0.550 e. The predicted octanol–water partition coefficient (Wildman–Crippen LogP) is 0.679. The second-order valence-electron chi connectivity index (χ2n) is 5.06. The molecule has 0 radical (unpaired) electrons. The molecule has 0 spiro atoms. The van der Waals surface area contributed by atoms with Crippen molar-refractivity contribution in [2.45, 2.75) is 19.0 Å². The van der Waals surface area contributed by atoms with E-state index in [0.29, 0.717) is 11.1 Å². The van der Waals surface area contributed by atoms with Gasteiger partial charge in [0.2, 0.25) is 0 Å². The van der Waals surface area contributed by atoms with Crippen molar-refractivity contribution in [1.29, 1.82) is 0 Å². The van der Waals surface area contributed by atoms with Crippen molar-refractivity contribution in [3.8, 4) is 0 Å². The predicted molar refractivity (Wildman–Crippen MR) is 77.5 cm³/mol. The molecule has 0 fully saturated rings. The lowest BCUT2D eigenvalue weighted by atomic mass is 10.0. The lowest BCUT2D eigenvalue weighted by Crippen LogP contribution is -2.84. The Balaban J connectivity index is 2.17. The van der Waals surface area contributed by atoms with Crippen LogP contribution in [0, 0.1) is 15.9 Å². The van der Waals surface area contributed by atoms with Crippen LogP contribution in [0.2, 0.25) is 0 Å². The van der Waals surface area contributed by atoms with Crippen molar-refractivity contribution < 1.29 is 24.5 Å². The minimum atomic E-state index is -1.24. The second kappa shape index (κ2) is 7.46. The standard InChI is InChI=1S/C16H15FN2O4/c17-13-7-5-11(6-8-13)14(9-16(20)21)18-10-12-3-1-2-4-15(12)19(22)23/h1-8,14,18H,9-10H2,(H,20,21). The Labute approximate surface area is 131 Å². The maximum absolute atomic E-state index is 13.0. The van der Waals surface area contributed by atoms with Crippen LogP contribution in [0.15, 0.2) is 48.5 Å². The number of nitrogens with two attached hydrogens (primary N) is 1. The van der Waals surface area contributed by atoms with Gasteiger partial charge >= 0.3 is 0 Å². The summed E-state index contributed by atoms with van der Waals surface area (Å²) in [6.07, 6.45) is -0.272. The molecule has 7 heteroatoms. The van der Waals surface area contributed by atoms with Crippen LogP contribution >= 0.6 is 0 Å². The number of nitro groups is 1. The maximum atomic E-state index is 13.0. The van der Waals surface area contributed by atoms with E-state index in [1.807, 2.05) is 0 Å². The number of nitro benzene ring substituents is 1. The summed E-state index contributed by atoms with van der Waals surface area (Å²) in [4.78, 5) is 21.4. The van der Waals surface area contributed by atoms with E-state index in [-0.39, 0.29) is 18.7 Å². The molecule has 2 rings (SSSR count). The first-order chi connectivity index (χ1) is 11.0. The SMILES string of the molecule is O=C([O-])CC([NH2+]Cc1ccccc1[N+](=O)[O-])c1ccc(F)cc1. The molecule has 0 saturated heterocycles. The van der Waals surface area contributed by atoms with Crippen LogP contribution in [0.3, 0.4) is 0 Å². The Kier molecular flexibility index (Phi) is 5.37. The molecule has 0 aliphatic rings. The highest BCUT2D eigenvalue weighted by molar-refractivity contribution is 5.65. The molecular formula is C16H15FN2O4. The summed E-state index contributed by atoms with van der Waals surface area (Å²) >= 11 is 0. The average Bonchev–Trinajstić information content (AvgIpc) is 2.52. The number of rotatable bonds is 7. The number of hydrogen-bond donors (Lipinski definition) is 1. The van der Waals surface area contributed by atoms with E-state index in [4.69, 9.17) is 0 Å². The molecule has 0 heterocycles. The molecule has 0 amide bonds. The van der Waals surface area contributed by atoms with Crippen LogP contribution in [0.1, 0.15) is 23.6 Å². The molecule has 120 valence electrons. The van der Waals surface area contributed by atoms with E-state index >= 15 is 0 Å². The summed E-state index contributed by atoms with van der Waals surface area (Å²) in [7, 11) is 0. The minimum absolute atomic E-state index is 0.0185. The third kappa shape index (κ3) is 4.58. The van der Waals surface area contributed by atoms with Gasteiger partial charge in [0.15, 0.2) is 0 Å². The molecule has 2 aromatic carbocycles. The molecule has 1 unspecified atom stereocenters. The lowest BCUT2D eigenvalue weighted by molar-refractivity contribution is -0.711. The fourth-order valence-electron chi connectivity index (χ4n) is 2.36. The van der Waals surface area contributed by atoms with Gasteiger partial charge in [-0.05, 0) is 18.2 Å². The first kappa shape index (κ1) is 16.6. The summed E-state index contributed by atoms with van der Waals surface area (Å²) in [5.41, 5.74) is 1.09. The number of nitrogens with zero attached hydrogens (tertiary/aromatic N) is 1. The van der Waals surface area contributed by atoms with E-state index in [9.17, 15) is 24.4 Å². The van der Waals surface area contributed by atoms with Crippen molar-refractivity contribution >= 4 is 11.7 Å². The molecule has 23 heavy (non-hydrogen) atoms. The molecule has 6 nitrogen and oxygen atoms in total. The zero-order valence-corrected chi connectivity index (χ0v) is 12.1. The van der Waals surface area contributed by atoms with Gasteiger partial charge in [-0.3, -0.25) is 10.1 Å². The van der Waals surface area contributed by atoms with Crippen LogP contribution in [0.5, 0.6) is 0 Å². The first-order valence-electron chi connectivity index (χ1n) is 6.98. The van der Waals surface area contributed by atoms with E-state index in [2.05, 4.69) is 0 Å². The Morgan fingerprint density at radius 2 is 1.83 bits per heavy atom. The number of quaternary nitrogens is 1. The zero-order chi connectivity index (χ0) is 16.8. The number of hydrogen-bond acceptors (Lipinski definition) is 4. The molecular weight excluding hydrogens is 303 g/mol. The Morgan fingerprint density at radius 1 is 1.17 bits per heavy atom. The van der Waals surface area contributed by atoms with Crippen molar-refractivity contribution in [1.82, 2.24) is 0 Å². The Bertz CT molecular complexity index is 703. The number of carbonyl (C=O) groups excluding carboxylic acids is 1. The van der Waals surface area contributed by atoms with Crippen molar-refractivity contribution in [2.24, 2.45) is 0 Å². The molecule has 0 aliphatic carbocycles. The number of halogens is 1. The monoisotopic (exact) mass is 318 g/mol. The van der Waals surface area contributed by atoms with Crippen molar-refractivity contribution in [3.05, 3.63) is 75.6 Å². The van der Waals surface area contributed by atoms with Gasteiger partial charge in [-0.25, -0.2) is 4.39 Å². The summed E-state index contributed by atoms with van der Waals surface area (Å²) < 4.78 is 13.0. The molecule has 0 bridgehead atoms. The Hall–Kier alpha value is -2.80. The molecule has 2 N–H and O–H groups in total. The number of carboxylic acids is 1. The molecule has 0 saturated carbocycles. The summed E-state index contributed by atoms with van der Waals surface area (Å²) in [5, 5.41) is 23.6. The summed E-state index contributed by atoms with van der Waals surface area (Å²) in [6.45, 7) is 0.229. The quantitative estimate of drug-likeness (QED) is 0.599. The van der Waals surface area contributed by atoms with Gasteiger partial charge in [-0.1, -0.05) is 24.3 Å². The van der Waals surface area contributed by atoms with Crippen LogP contribution in [-0.2, 0) is 11.3 Å². The van der Waals surface area contributed by atoms with Crippen LogP contribution < -0.4 is 10.4 Å². The van der Waals surface area contributed by atoms with Crippen LogP contribution in [-0.4, -0.2) is 10.9 Å². The maximum Gasteiger partial charge on any atom is 0.278 e. The average molecular weight is 318 g/mol. The number of carboxylic acid groups (broad SMARTS) is 1. The topological polar surface area (TPSA) is 99.9 Å². The van der Waals surface area contributed by atoms with E-state index in [1.165, 1.54) is 30.3 Å². The third-order valence-corrected chi connectivity index (χ3v) is 3.50. The highest BCUT2D eigenvalue weighted by atomic mass is 19.1. The number of aliphatic carboxylic acids is 1. The van der Waals surface area contributed by atoms with Gasteiger partial charge in [0, 0.05) is 24.0 Å². The number of para-hydroxylation sites is 1. The lowest BCUT2D eigenvalue weighted by Gasteiger charge is -2.16. The molecule has 0 aliphatic heterocycles. The van der Waals surface area contributed by atoms with Crippen LogP contribution in [0.25, 0.3) is 0 Å². The summed E-state index contributed by atoms with van der Waals surface area (Å²) in [5.74, 6) is -1.65. The molecule has 0 aromatic heterocycles. The number of carbonyl (C=O) groups is 1. The fourth-order valence-corrected chi connectivity index (χ4v) is 2.36. The van der Waals surface area contributed by atoms with Gasteiger partial charge in [0.1, 0.15) is 18.4 Å². The van der Waals surface area contributed by atoms with Gasteiger partial charge < -0.3 is 15.2 Å². The smallest absolute Gasteiger partial charge is 0.278 e. The summed E-state index contributed by atoms with van der Waals surface area (Å²) in [6, 6.07) is 11.2. The first-order valence-corrected chi connectivity index (χ1v) is 6.98. The normalized spacial score (nSPS) is 11.9. The zero-order valence-electron chi connectivity index (χ0n) is 12.1. The van der Waals surface area contributed by atoms with E-state index in [1.54, 1.807) is 23.5 Å². The van der Waals surface area contributed by atoms with E-state index < -0.39 is 22.8 Å². The number of benzene rings is 2. The van der Waals surface area contributed by atoms with Gasteiger partial charge in [-0.15, -0.1) is 0 Å². The fraction of sp³-hybridized carbons (Fsp3) is 0.188. The highest BCUT2D eigenvalue weighted by Crippen LogP contribution is 2.18. The van der Waals surface area contributed by atoms with Crippen LogP contribution in [0.4, 0.5) is 10.1 Å². The highest BCUT2D eigenvalue weighted by Gasteiger charge is 2.19.